The summed E-state index contributed by atoms with van der Waals surface area (Å²) in [7, 11) is 2.17. The summed E-state index contributed by atoms with van der Waals surface area (Å²) in [6, 6.07) is 8.12. The quantitative estimate of drug-likeness (QED) is 0.902. The number of amides is 1. The lowest BCUT2D eigenvalue weighted by Gasteiger charge is -2.33. The normalized spacial score (nSPS) is 22.1. The highest BCUT2D eigenvalue weighted by molar-refractivity contribution is 5.94. The number of aliphatic hydroxyl groups is 1. The first-order valence-electron chi connectivity index (χ1n) is 9.50. The largest absolute Gasteiger partial charge is 0.393 e. The van der Waals surface area contributed by atoms with Crippen LogP contribution in [0.1, 0.15) is 35.7 Å². The van der Waals surface area contributed by atoms with Gasteiger partial charge in [-0.05, 0) is 50.4 Å². The maximum atomic E-state index is 12.7. The van der Waals surface area contributed by atoms with Crippen molar-refractivity contribution in [2.45, 2.75) is 32.4 Å². The standard InChI is InChI=1S/C20H31N3O2/c1-16(24)18-7-9-23(10-8-18)20(25)19-5-3-17(4-6-19)15-22-13-11-21(2)12-14-22/h3-6,16,18,24H,7-15H2,1-2H3. The van der Waals surface area contributed by atoms with Crippen LogP contribution >= 0.6 is 0 Å². The Morgan fingerprint density at radius 1 is 1.08 bits per heavy atom. The molecule has 5 nitrogen and oxygen atoms in total. The van der Waals surface area contributed by atoms with Crippen molar-refractivity contribution in [3.8, 4) is 0 Å². The molecule has 2 aliphatic heterocycles. The Morgan fingerprint density at radius 2 is 1.68 bits per heavy atom. The highest BCUT2D eigenvalue weighted by Gasteiger charge is 2.26. The molecule has 0 radical (unpaired) electrons. The zero-order chi connectivity index (χ0) is 17.8. The van der Waals surface area contributed by atoms with E-state index in [0.717, 1.165) is 64.2 Å². The fourth-order valence-corrected chi connectivity index (χ4v) is 3.78. The first-order valence-corrected chi connectivity index (χ1v) is 9.50. The van der Waals surface area contributed by atoms with E-state index >= 15 is 0 Å². The Bertz CT molecular complexity index is 557. The summed E-state index contributed by atoms with van der Waals surface area (Å²) < 4.78 is 0. The number of nitrogens with zero attached hydrogens (tertiary/aromatic N) is 3. The zero-order valence-corrected chi connectivity index (χ0v) is 15.5. The maximum absolute atomic E-state index is 12.7. The van der Waals surface area contributed by atoms with Gasteiger partial charge in [0, 0.05) is 51.4 Å². The lowest BCUT2D eigenvalue weighted by molar-refractivity contribution is 0.0521. The lowest BCUT2D eigenvalue weighted by Crippen LogP contribution is -2.43. The lowest BCUT2D eigenvalue weighted by atomic mass is 9.92. The van der Waals surface area contributed by atoms with Crippen LogP contribution in [-0.4, -0.2) is 78.1 Å². The van der Waals surface area contributed by atoms with Crippen molar-refractivity contribution in [1.29, 1.82) is 0 Å². The molecule has 0 spiro atoms. The second-order valence-corrected chi connectivity index (χ2v) is 7.65. The van der Waals surface area contributed by atoms with Gasteiger partial charge in [-0.1, -0.05) is 12.1 Å². The highest BCUT2D eigenvalue weighted by atomic mass is 16.3. The average molecular weight is 345 g/mol. The summed E-state index contributed by atoms with van der Waals surface area (Å²) in [5.74, 6) is 0.449. The van der Waals surface area contributed by atoms with Crippen LogP contribution in [0.3, 0.4) is 0 Å². The zero-order valence-electron chi connectivity index (χ0n) is 15.5. The molecule has 138 valence electrons. The molecule has 0 aliphatic carbocycles. The first-order chi connectivity index (χ1) is 12.0. The highest BCUT2D eigenvalue weighted by Crippen LogP contribution is 2.22. The third-order valence-electron chi connectivity index (χ3n) is 5.71. The van der Waals surface area contributed by atoms with Crippen LogP contribution in [0.5, 0.6) is 0 Å². The van der Waals surface area contributed by atoms with Crippen LogP contribution in [-0.2, 0) is 6.54 Å². The minimum Gasteiger partial charge on any atom is -0.393 e. The van der Waals surface area contributed by atoms with Crippen LogP contribution in [0.25, 0.3) is 0 Å². The molecule has 0 bridgehead atoms. The van der Waals surface area contributed by atoms with Crippen molar-refractivity contribution < 1.29 is 9.90 Å². The third-order valence-corrected chi connectivity index (χ3v) is 5.71. The minimum atomic E-state index is -0.272. The minimum absolute atomic E-state index is 0.121. The van der Waals surface area contributed by atoms with Crippen molar-refractivity contribution >= 4 is 5.91 Å². The molecule has 0 saturated carbocycles. The number of aliphatic hydroxyl groups excluding tert-OH is 1. The molecular formula is C20H31N3O2. The van der Waals surface area contributed by atoms with Crippen LogP contribution < -0.4 is 0 Å². The summed E-state index contributed by atoms with van der Waals surface area (Å²) in [4.78, 5) is 19.4. The number of rotatable bonds is 4. The van der Waals surface area contributed by atoms with Crippen molar-refractivity contribution in [3.63, 3.8) is 0 Å². The Morgan fingerprint density at radius 3 is 2.24 bits per heavy atom. The second kappa shape index (κ2) is 8.30. The number of hydrogen-bond acceptors (Lipinski definition) is 4. The van der Waals surface area contributed by atoms with Gasteiger partial charge in [0.05, 0.1) is 6.10 Å². The van der Waals surface area contributed by atoms with Gasteiger partial charge in [-0.25, -0.2) is 0 Å². The molecule has 1 aromatic carbocycles. The molecule has 2 aliphatic rings. The van der Waals surface area contributed by atoms with E-state index in [4.69, 9.17) is 0 Å². The third kappa shape index (κ3) is 4.81. The number of likely N-dealkylation sites (N-methyl/N-ethyl adjacent to an activating group) is 1. The Labute approximate surface area is 151 Å². The van der Waals surface area contributed by atoms with E-state index < -0.39 is 0 Å². The molecule has 0 aromatic heterocycles. The molecule has 5 heteroatoms. The molecule has 1 atom stereocenters. The van der Waals surface area contributed by atoms with Gasteiger partial charge in [0.25, 0.3) is 5.91 Å². The van der Waals surface area contributed by atoms with E-state index in [1.54, 1.807) is 0 Å². The van der Waals surface area contributed by atoms with Crippen LogP contribution in [0.2, 0.25) is 0 Å². The van der Waals surface area contributed by atoms with E-state index in [2.05, 4.69) is 29.0 Å². The predicted molar refractivity (Wildman–Crippen MR) is 99.5 cm³/mol. The molecule has 25 heavy (non-hydrogen) atoms. The maximum Gasteiger partial charge on any atom is 0.253 e. The van der Waals surface area contributed by atoms with E-state index in [1.165, 1.54) is 5.56 Å². The van der Waals surface area contributed by atoms with Crippen molar-refractivity contribution in [3.05, 3.63) is 35.4 Å². The molecular weight excluding hydrogens is 314 g/mol. The summed E-state index contributed by atoms with van der Waals surface area (Å²) >= 11 is 0. The van der Waals surface area contributed by atoms with Crippen molar-refractivity contribution in [1.82, 2.24) is 14.7 Å². The smallest absolute Gasteiger partial charge is 0.253 e. The van der Waals surface area contributed by atoms with Crippen LogP contribution in [0, 0.1) is 5.92 Å². The molecule has 1 amide bonds. The molecule has 2 fully saturated rings. The van der Waals surface area contributed by atoms with Gasteiger partial charge >= 0.3 is 0 Å². The SMILES string of the molecule is CC(O)C1CCN(C(=O)c2ccc(CN3CCN(C)CC3)cc2)CC1. The molecule has 2 heterocycles. The number of carbonyl (C=O) groups is 1. The van der Waals surface area contributed by atoms with Gasteiger partial charge in [0.2, 0.25) is 0 Å². The number of carbonyl (C=O) groups excluding carboxylic acids is 1. The van der Waals surface area contributed by atoms with Gasteiger partial charge in [0.15, 0.2) is 0 Å². The van der Waals surface area contributed by atoms with E-state index in [-0.39, 0.29) is 12.0 Å². The van der Waals surface area contributed by atoms with E-state index in [0.29, 0.717) is 5.92 Å². The summed E-state index contributed by atoms with van der Waals surface area (Å²) in [5.41, 5.74) is 2.05. The van der Waals surface area contributed by atoms with Gasteiger partial charge < -0.3 is 14.9 Å². The fourth-order valence-electron chi connectivity index (χ4n) is 3.78. The predicted octanol–water partition coefficient (Wildman–Crippen LogP) is 1.67. The number of hydrogen-bond donors (Lipinski definition) is 1. The number of piperazine rings is 1. The molecule has 1 aromatic rings. The van der Waals surface area contributed by atoms with Crippen LogP contribution in [0.15, 0.2) is 24.3 Å². The number of likely N-dealkylation sites (tertiary alicyclic amines) is 1. The summed E-state index contributed by atoms with van der Waals surface area (Å²) in [5, 5.41) is 9.69. The van der Waals surface area contributed by atoms with Crippen molar-refractivity contribution in [2.24, 2.45) is 5.92 Å². The Balaban J connectivity index is 1.52. The van der Waals surface area contributed by atoms with E-state index in [9.17, 15) is 9.90 Å². The Hall–Kier alpha value is -1.43. The van der Waals surface area contributed by atoms with Crippen LogP contribution in [0.4, 0.5) is 0 Å². The topological polar surface area (TPSA) is 47.0 Å². The fraction of sp³-hybridized carbons (Fsp3) is 0.650. The molecule has 2 saturated heterocycles. The van der Waals surface area contributed by atoms with Gasteiger partial charge in [-0.15, -0.1) is 0 Å². The summed E-state index contributed by atoms with van der Waals surface area (Å²) in [6.45, 7) is 8.76. The molecule has 3 rings (SSSR count). The summed E-state index contributed by atoms with van der Waals surface area (Å²) in [6.07, 6.45) is 1.52. The number of benzene rings is 1. The molecule has 1 N–H and O–H groups in total. The van der Waals surface area contributed by atoms with Gasteiger partial charge in [-0.2, -0.15) is 0 Å². The van der Waals surface area contributed by atoms with Gasteiger partial charge in [-0.3, -0.25) is 9.69 Å². The monoisotopic (exact) mass is 345 g/mol. The first kappa shape index (κ1) is 18.4. The molecule has 1 unspecified atom stereocenters. The van der Waals surface area contributed by atoms with Crippen molar-refractivity contribution in [2.75, 3.05) is 46.3 Å². The van der Waals surface area contributed by atoms with E-state index in [1.807, 2.05) is 24.0 Å². The second-order valence-electron chi connectivity index (χ2n) is 7.65. The number of piperidine rings is 1. The van der Waals surface area contributed by atoms with Gasteiger partial charge in [0.1, 0.15) is 0 Å². The Kier molecular flexibility index (Phi) is 6.10. The average Bonchev–Trinajstić information content (AvgIpc) is 2.64.